The number of rotatable bonds is 4. The first kappa shape index (κ1) is 53.3. The second-order valence-electron chi connectivity index (χ2n) is 23.8. The highest BCUT2D eigenvalue weighted by molar-refractivity contribution is 9.10. The Morgan fingerprint density at radius 2 is 0.533 bits per heavy atom. The SMILES string of the molecule is Brc1ccc2sc3ccccc3c2c1.c1ccc2c(c1)[nH]c1ccc(-c3ccc4[nH]c5ccccc5c4c3)cc12.c1ccc2c(c1)sc1ccc(-n3c4ccccc4c4cc(-c5ccc6c(c5)c5ccccc5n6-c5ccc6sc7ccccc7c6c5)ccc43)cc12. The van der Waals surface area contributed by atoms with Gasteiger partial charge in [0.1, 0.15) is 0 Å². The number of nitrogens with one attached hydrogen (secondary N) is 2. The molecular weight excluding hydrogens is 1240 g/mol. The third kappa shape index (κ3) is 8.66. The average Bonchev–Trinajstić information content (AvgIpc) is 1.70. The van der Waals surface area contributed by atoms with E-state index in [1.165, 1.54) is 181 Å². The van der Waals surface area contributed by atoms with E-state index in [4.69, 9.17) is 0 Å². The lowest BCUT2D eigenvalue weighted by Crippen LogP contribution is -1.93. The summed E-state index contributed by atoms with van der Waals surface area (Å²) in [7, 11) is 0. The molecule has 4 nitrogen and oxygen atoms in total. The van der Waals surface area contributed by atoms with Crippen molar-refractivity contribution >= 4 is 198 Å². The van der Waals surface area contributed by atoms with Crippen LogP contribution in [0.15, 0.2) is 302 Å². The minimum atomic E-state index is 1.15. The molecule has 0 unspecified atom stereocenters. The molecule has 0 aliphatic rings. The molecule has 0 aliphatic carbocycles. The highest BCUT2D eigenvalue weighted by atomic mass is 79.9. The molecule has 0 radical (unpaired) electrons. The molecule has 0 fully saturated rings. The van der Waals surface area contributed by atoms with Gasteiger partial charge < -0.3 is 19.1 Å². The summed E-state index contributed by atoms with van der Waals surface area (Å²) >= 11 is 9.09. The van der Waals surface area contributed by atoms with Crippen molar-refractivity contribution in [2.75, 3.05) is 0 Å². The van der Waals surface area contributed by atoms with Crippen molar-refractivity contribution in [3.05, 3.63) is 302 Å². The van der Waals surface area contributed by atoms with Crippen LogP contribution < -0.4 is 0 Å². The third-order valence-corrected chi connectivity index (χ3v) is 22.5. The van der Waals surface area contributed by atoms with E-state index in [9.17, 15) is 0 Å². The van der Waals surface area contributed by atoms with E-state index in [0.717, 1.165) is 4.47 Å². The molecular formula is C84H51BrN4S3. The van der Waals surface area contributed by atoms with Crippen molar-refractivity contribution < 1.29 is 0 Å². The van der Waals surface area contributed by atoms with Gasteiger partial charge in [0, 0.05) is 142 Å². The van der Waals surface area contributed by atoms with Crippen LogP contribution in [-0.4, -0.2) is 19.1 Å². The molecule has 8 heteroatoms. The highest BCUT2D eigenvalue weighted by Gasteiger charge is 2.19. The van der Waals surface area contributed by atoms with E-state index in [2.05, 4.69) is 332 Å². The fraction of sp³-hybridized carbons (Fsp3) is 0. The molecule has 2 N–H and O–H groups in total. The monoisotopic (exact) mass is 1290 g/mol. The van der Waals surface area contributed by atoms with E-state index in [1.54, 1.807) is 0 Å². The van der Waals surface area contributed by atoms with Crippen LogP contribution in [0.2, 0.25) is 0 Å². The van der Waals surface area contributed by atoms with E-state index in [-0.39, 0.29) is 0 Å². The number of aromatic nitrogens is 4. The Kier molecular flexibility index (Phi) is 12.3. The summed E-state index contributed by atoms with van der Waals surface area (Å²) < 4.78 is 14.0. The summed E-state index contributed by atoms with van der Waals surface area (Å²) in [6.45, 7) is 0. The lowest BCUT2D eigenvalue weighted by atomic mass is 10.0. The molecule has 432 valence electrons. The predicted molar refractivity (Wildman–Crippen MR) is 404 cm³/mol. The lowest BCUT2D eigenvalue weighted by molar-refractivity contribution is 1.19. The second-order valence-corrected chi connectivity index (χ2v) is 28.0. The Labute approximate surface area is 547 Å². The summed E-state index contributed by atoms with van der Waals surface area (Å²) in [6.07, 6.45) is 0. The van der Waals surface area contributed by atoms with E-state index >= 15 is 0 Å². The molecule has 0 atom stereocenters. The summed E-state index contributed by atoms with van der Waals surface area (Å²) in [5.41, 5.74) is 16.9. The van der Waals surface area contributed by atoms with E-state index in [0.29, 0.717) is 0 Å². The quantitative estimate of drug-likeness (QED) is 0.176. The number of hydrogen-bond acceptors (Lipinski definition) is 3. The Bertz CT molecular complexity index is 6220. The smallest absolute Gasteiger partial charge is 0.0541 e. The van der Waals surface area contributed by atoms with Crippen LogP contribution in [0.5, 0.6) is 0 Å². The fourth-order valence-corrected chi connectivity index (χ4v) is 17.9. The molecule has 7 aromatic heterocycles. The van der Waals surface area contributed by atoms with Crippen molar-refractivity contribution in [3.63, 3.8) is 0 Å². The van der Waals surface area contributed by atoms with Crippen molar-refractivity contribution in [1.29, 1.82) is 0 Å². The number of para-hydroxylation sites is 4. The van der Waals surface area contributed by atoms with Crippen LogP contribution in [-0.2, 0) is 0 Å². The molecule has 14 aromatic carbocycles. The lowest BCUT2D eigenvalue weighted by Gasteiger charge is -2.10. The Balaban J connectivity index is 0.000000124. The molecule has 0 saturated carbocycles. The van der Waals surface area contributed by atoms with Crippen molar-refractivity contribution in [2.45, 2.75) is 0 Å². The van der Waals surface area contributed by atoms with Gasteiger partial charge in [-0.3, -0.25) is 0 Å². The number of benzene rings is 14. The number of thiophene rings is 3. The molecule has 0 amide bonds. The van der Waals surface area contributed by atoms with Crippen LogP contribution in [0.4, 0.5) is 0 Å². The molecule has 0 saturated heterocycles. The van der Waals surface area contributed by atoms with Gasteiger partial charge in [0.15, 0.2) is 0 Å². The normalized spacial score (nSPS) is 12.0. The number of hydrogen-bond donors (Lipinski definition) is 2. The van der Waals surface area contributed by atoms with Crippen LogP contribution in [0.1, 0.15) is 0 Å². The average molecular weight is 1290 g/mol. The minimum absolute atomic E-state index is 1.15. The van der Waals surface area contributed by atoms with E-state index < -0.39 is 0 Å². The summed E-state index contributed by atoms with van der Waals surface area (Å²) in [4.78, 5) is 7.00. The van der Waals surface area contributed by atoms with Gasteiger partial charge in [-0.25, -0.2) is 0 Å². The van der Waals surface area contributed by atoms with Crippen LogP contribution in [0.3, 0.4) is 0 Å². The Hall–Kier alpha value is -10.6. The minimum Gasteiger partial charge on any atom is -0.355 e. The zero-order valence-electron chi connectivity index (χ0n) is 49.3. The van der Waals surface area contributed by atoms with Gasteiger partial charge >= 0.3 is 0 Å². The predicted octanol–water partition coefficient (Wildman–Crippen LogP) is 25.7. The first-order chi connectivity index (χ1) is 45.5. The van der Waals surface area contributed by atoms with Gasteiger partial charge in [0.25, 0.3) is 0 Å². The molecule has 92 heavy (non-hydrogen) atoms. The molecule has 21 aromatic rings. The Morgan fingerprint density at radius 1 is 0.217 bits per heavy atom. The maximum Gasteiger partial charge on any atom is 0.0541 e. The first-order valence-corrected chi connectivity index (χ1v) is 34.2. The summed E-state index contributed by atoms with van der Waals surface area (Å²) in [6, 6.07) is 108. The van der Waals surface area contributed by atoms with Crippen molar-refractivity contribution in [2.24, 2.45) is 0 Å². The Morgan fingerprint density at radius 3 is 0.978 bits per heavy atom. The molecule has 21 rings (SSSR count). The standard InChI is InChI=1S/C48H28N2S2.C24H16N2.C12H7BrS/c1-5-13-41-33(9-1)37-25-29(17-21-43(37)49(41)31-19-23-47-39(27-31)35-11-3-7-15-45(35)51-47)30-18-22-44-38(26-30)34-10-2-6-14-42(34)50(44)32-20-24-48-40(28-32)36-12-4-8-16-46(36)52-48;1-3-7-21-17(5-1)19-13-15(9-11-23(19)25-21)16-10-12-24-20(14-16)18-6-2-4-8-22(18)26-24;13-8-5-6-12-10(7-8)9-3-1-2-4-11(9)14-12/h1-28H;1-14,25-26H;1-7H. The molecule has 0 spiro atoms. The highest BCUT2D eigenvalue weighted by Crippen LogP contribution is 2.43. The molecule has 0 bridgehead atoms. The van der Waals surface area contributed by atoms with Crippen molar-refractivity contribution in [1.82, 2.24) is 19.1 Å². The fourth-order valence-electron chi connectivity index (χ4n) is 14.3. The summed E-state index contributed by atoms with van der Waals surface area (Å²) in [5, 5.41) is 18.2. The number of halogens is 1. The van der Waals surface area contributed by atoms with Gasteiger partial charge in [0.05, 0.1) is 22.1 Å². The zero-order chi connectivity index (χ0) is 60.5. The number of nitrogens with zero attached hydrogens (tertiary/aromatic N) is 2. The number of fused-ring (bicyclic) bond motifs is 21. The second kappa shape index (κ2) is 21.3. The van der Waals surface area contributed by atoms with Crippen LogP contribution in [0, 0.1) is 0 Å². The topological polar surface area (TPSA) is 41.4 Å². The molecule has 0 aliphatic heterocycles. The summed E-state index contributed by atoms with van der Waals surface area (Å²) in [5.74, 6) is 0. The van der Waals surface area contributed by atoms with Crippen LogP contribution in [0.25, 0.3) is 181 Å². The number of H-pyrrole nitrogens is 2. The maximum absolute atomic E-state index is 3.51. The largest absolute Gasteiger partial charge is 0.355 e. The number of aromatic amines is 2. The maximum atomic E-state index is 3.51. The van der Waals surface area contributed by atoms with Crippen molar-refractivity contribution in [3.8, 4) is 33.6 Å². The third-order valence-electron chi connectivity index (χ3n) is 18.6. The molecule has 7 heterocycles. The van der Waals surface area contributed by atoms with Gasteiger partial charge in [-0.05, 0) is 168 Å². The van der Waals surface area contributed by atoms with Gasteiger partial charge in [-0.2, -0.15) is 0 Å². The van der Waals surface area contributed by atoms with Gasteiger partial charge in [0.2, 0.25) is 0 Å². The van der Waals surface area contributed by atoms with E-state index in [1.807, 2.05) is 34.0 Å². The van der Waals surface area contributed by atoms with Crippen LogP contribution >= 0.6 is 49.9 Å². The first-order valence-electron chi connectivity index (χ1n) is 31.0. The van der Waals surface area contributed by atoms with Gasteiger partial charge in [-0.1, -0.05) is 168 Å². The van der Waals surface area contributed by atoms with Gasteiger partial charge in [-0.15, -0.1) is 34.0 Å². The zero-order valence-corrected chi connectivity index (χ0v) is 53.3.